The fourth-order valence-electron chi connectivity index (χ4n) is 9.35. The molecule has 2 atom stereocenters. The van der Waals surface area contributed by atoms with Crippen molar-refractivity contribution in [3.8, 4) is 0 Å². The van der Waals surface area contributed by atoms with Gasteiger partial charge in [0, 0.05) is 23.2 Å². The monoisotopic (exact) mass is 588 g/mol. The van der Waals surface area contributed by atoms with Crippen LogP contribution in [0.4, 0.5) is 0 Å². The van der Waals surface area contributed by atoms with Gasteiger partial charge in [0.2, 0.25) is 0 Å². The summed E-state index contributed by atoms with van der Waals surface area (Å²) in [6.45, 7) is 0. The zero-order valence-corrected chi connectivity index (χ0v) is 28.0. The summed E-state index contributed by atoms with van der Waals surface area (Å²) in [6, 6.07) is 0.359. The Hall–Kier alpha value is -0.620. The predicted molar refractivity (Wildman–Crippen MR) is 181 cm³/mol. The predicted octanol–water partition coefficient (Wildman–Crippen LogP) is 11.2. The lowest BCUT2D eigenvalue weighted by Crippen LogP contribution is -2.39. The Balaban J connectivity index is 1.33. The van der Waals surface area contributed by atoms with Crippen LogP contribution in [0.15, 0.2) is 51.6 Å². The number of allylic oxidation sites excluding steroid dienone is 2. The number of likely N-dealkylation sites (N-methyl/N-ethyl adjacent to an activating group) is 1. The van der Waals surface area contributed by atoms with Crippen LogP contribution < -0.4 is 0 Å². The van der Waals surface area contributed by atoms with Gasteiger partial charge in [0.15, 0.2) is 0 Å². The third-order valence-electron chi connectivity index (χ3n) is 11.3. The Kier molecular flexibility index (Phi) is 11.1. The smallest absolute Gasteiger partial charge is 0.0538 e. The Labute approximate surface area is 255 Å². The van der Waals surface area contributed by atoms with Crippen LogP contribution in [-0.4, -0.2) is 47.7 Å². The summed E-state index contributed by atoms with van der Waals surface area (Å²) in [7, 11) is 4.39. The molecule has 1 nitrogen and oxygen atoms in total. The molecule has 0 aromatic rings. The molecule has 0 heterocycles. The van der Waals surface area contributed by atoms with Crippen LogP contribution in [0, 0.1) is 12.3 Å². The largest absolute Gasteiger partial charge is 0.301 e. The van der Waals surface area contributed by atoms with E-state index in [4.69, 9.17) is 0 Å². The second-order valence-corrected chi connectivity index (χ2v) is 19.7. The van der Waals surface area contributed by atoms with E-state index < -0.39 is 0 Å². The van der Waals surface area contributed by atoms with E-state index >= 15 is 0 Å². The molecule has 41 heavy (non-hydrogen) atoms. The van der Waals surface area contributed by atoms with Gasteiger partial charge in [0.1, 0.15) is 0 Å². The molecule has 4 saturated carbocycles. The Morgan fingerprint density at radius 2 is 1.10 bits per heavy atom. The molecule has 0 aliphatic heterocycles. The minimum atomic E-state index is -0.199. The van der Waals surface area contributed by atoms with Crippen LogP contribution in [0.2, 0.25) is 0 Å². The van der Waals surface area contributed by atoms with E-state index in [9.17, 15) is 0 Å². The molecule has 6 aliphatic rings. The minimum Gasteiger partial charge on any atom is -0.301 e. The SMILES string of the molecule is CN(C)[C@H](C1=C=C=C=C1P(C1CCCCC1)C1CCCCC1)C1C=C[CH]C=C1P(C1CCCCC1)C1CCCCC1. The van der Waals surface area contributed by atoms with E-state index in [0.29, 0.717) is 12.0 Å². The van der Waals surface area contributed by atoms with Crippen LogP contribution in [0.25, 0.3) is 0 Å². The minimum absolute atomic E-state index is 0.114. The average Bonchev–Trinajstić information content (AvgIpc) is 3.49. The van der Waals surface area contributed by atoms with Crippen molar-refractivity contribution in [1.29, 1.82) is 0 Å². The van der Waals surface area contributed by atoms with E-state index in [0.717, 1.165) is 22.6 Å². The molecular weight excluding hydrogens is 532 g/mol. The van der Waals surface area contributed by atoms with Crippen LogP contribution in [0.1, 0.15) is 128 Å². The first-order chi connectivity index (χ1) is 20.2. The van der Waals surface area contributed by atoms with Gasteiger partial charge < -0.3 is 4.90 Å². The van der Waals surface area contributed by atoms with Gasteiger partial charge in [-0.25, -0.2) is 0 Å². The van der Waals surface area contributed by atoms with Gasteiger partial charge in [-0.15, -0.1) is 0 Å². The molecule has 1 unspecified atom stereocenters. The topological polar surface area (TPSA) is 3.24 Å². The standard InChI is InChI=1S/C38H56NP2/c1-39(2)38(35-27-17-29-37(35)41(32-22-11-5-12-23-32)33-24-13-6-14-25-33)34-26-15-16-28-36(34)40(30-18-7-3-8-19-30)31-20-9-4-10-21-31/h15-16,26,28,30-34,38H,3-14,18-25H2,1-2H3/t34?,38-/m0/s1. The molecule has 0 N–H and O–H groups in total. The molecular formula is C38H56NP2. The third kappa shape index (κ3) is 7.04. The summed E-state index contributed by atoms with van der Waals surface area (Å²) >= 11 is 0. The first-order valence-electron chi connectivity index (χ1n) is 17.7. The van der Waals surface area contributed by atoms with Crippen LogP contribution in [0.3, 0.4) is 0 Å². The Morgan fingerprint density at radius 1 is 0.634 bits per heavy atom. The van der Waals surface area contributed by atoms with Crippen molar-refractivity contribution in [2.45, 2.75) is 157 Å². The molecule has 223 valence electrons. The maximum absolute atomic E-state index is 3.82. The first-order valence-corrected chi connectivity index (χ1v) is 20.6. The fraction of sp³-hybridized carbons (Fsp3) is 0.737. The number of rotatable bonds is 9. The van der Waals surface area contributed by atoms with Crippen molar-refractivity contribution in [2.24, 2.45) is 5.92 Å². The number of hydrogen-bond acceptors (Lipinski definition) is 1. The molecule has 0 aromatic carbocycles. The quantitative estimate of drug-likeness (QED) is 0.191. The van der Waals surface area contributed by atoms with Gasteiger partial charge >= 0.3 is 0 Å². The maximum Gasteiger partial charge on any atom is 0.0538 e. The molecule has 6 rings (SSSR count). The molecule has 0 amide bonds. The van der Waals surface area contributed by atoms with Crippen molar-refractivity contribution in [3.63, 3.8) is 0 Å². The third-order valence-corrected chi connectivity index (χ3v) is 18.4. The first kappa shape index (κ1) is 30.4. The summed E-state index contributed by atoms with van der Waals surface area (Å²) < 4.78 is 0. The lowest BCUT2D eigenvalue weighted by Gasteiger charge is -2.46. The Bertz CT molecular complexity index is 1040. The lowest BCUT2D eigenvalue weighted by atomic mass is 9.88. The summed E-state index contributed by atoms with van der Waals surface area (Å²) in [5.41, 5.74) is 16.3. The molecule has 0 aromatic heterocycles. The van der Waals surface area contributed by atoms with E-state index in [-0.39, 0.29) is 15.8 Å². The summed E-state index contributed by atoms with van der Waals surface area (Å²) in [4.78, 5) is 2.57. The van der Waals surface area contributed by atoms with E-state index in [1.165, 1.54) is 134 Å². The highest BCUT2D eigenvalue weighted by atomic mass is 31.1. The van der Waals surface area contributed by atoms with Gasteiger partial charge in [0.05, 0.1) is 6.04 Å². The van der Waals surface area contributed by atoms with Crippen molar-refractivity contribution >= 4 is 15.8 Å². The van der Waals surface area contributed by atoms with Crippen LogP contribution in [-0.2, 0) is 0 Å². The second kappa shape index (κ2) is 14.9. The van der Waals surface area contributed by atoms with E-state index in [1.54, 1.807) is 5.31 Å². The van der Waals surface area contributed by atoms with Crippen molar-refractivity contribution in [3.05, 3.63) is 58.0 Å². The lowest BCUT2D eigenvalue weighted by molar-refractivity contribution is 0.298. The Morgan fingerprint density at radius 3 is 1.56 bits per heavy atom. The molecule has 0 bridgehead atoms. The van der Waals surface area contributed by atoms with Crippen molar-refractivity contribution < 1.29 is 0 Å². The summed E-state index contributed by atoms with van der Waals surface area (Å²) in [6.07, 6.45) is 39.1. The molecule has 0 spiro atoms. The fourth-order valence-corrected chi connectivity index (χ4v) is 17.3. The molecule has 3 heteroatoms. The second-order valence-electron chi connectivity index (χ2n) is 14.2. The van der Waals surface area contributed by atoms with E-state index in [2.05, 4.69) is 60.8 Å². The zero-order chi connectivity index (χ0) is 28.0. The maximum atomic E-state index is 3.82. The van der Waals surface area contributed by atoms with E-state index in [1.807, 2.05) is 5.31 Å². The van der Waals surface area contributed by atoms with Crippen LogP contribution in [0.5, 0.6) is 0 Å². The summed E-state index contributed by atoms with van der Waals surface area (Å²) in [5, 5.41) is 3.43. The highest BCUT2D eigenvalue weighted by molar-refractivity contribution is 7.64. The number of nitrogens with zero attached hydrogens (tertiary/aromatic N) is 1. The molecule has 0 saturated heterocycles. The summed E-state index contributed by atoms with van der Waals surface area (Å²) in [5.74, 6) is 0.471. The van der Waals surface area contributed by atoms with Crippen molar-refractivity contribution in [2.75, 3.05) is 14.1 Å². The van der Waals surface area contributed by atoms with Gasteiger partial charge in [-0.05, 0) is 99.1 Å². The molecule has 4 fully saturated rings. The van der Waals surface area contributed by atoms with Gasteiger partial charge in [-0.3, -0.25) is 0 Å². The average molecular weight is 589 g/mol. The van der Waals surface area contributed by atoms with Crippen LogP contribution >= 0.6 is 15.8 Å². The molecule has 1 radical (unpaired) electrons. The number of hydrogen-bond donors (Lipinski definition) is 0. The van der Waals surface area contributed by atoms with Crippen molar-refractivity contribution in [1.82, 2.24) is 4.90 Å². The highest BCUT2D eigenvalue weighted by Gasteiger charge is 2.43. The van der Waals surface area contributed by atoms with Gasteiger partial charge in [-0.1, -0.05) is 123 Å². The molecule has 6 aliphatic carbocycles. The highest BCUT2D eigenvalue weighted by Crippen LogP contribution is 2.66. The normalized spacial score (nSPS) is 28.0. The van der Waals surface area contributed by atoms with Gasteiger partial charge in [0.25, 0.3) is 0 Å². The van der Waals surface area contributed by atoms with Gasteiger partial charge in [-0.2, -0.15) is 0 Å². The zero-order valence-electron chi connectivity index (χ0n) is 26.3.